The summed E-state index contributed by atoms with van der Waals surface area (Å²) in [5, 5.41) is 10.7. The lowest BCUT2D eigenvalue weighted by atomic mass is 9.86. The van der Waals surface area contributed by atoms with E-state index in [4.69, 9.17) is 0 Å². The topological polar surface area (TPSA) is 20.2 Å². The summed E-state index contributed by atoms with van der Waals surface area (Å²) in [7, 11) is 0. The van der Waals surface area contributed by atoms with Gasteiger partial charge < -0.3 is 5.11 Å². The molecule has 17 heavy (non-hydrogen) atoms. The summed E-state index contributed by atoms with van der Waals surface area (Å²) in [5.74, 6) is 0. The zero-order valence-electron chi connectivity index (χ0n) is 10.9. The fourth-order valence-corrected chi connectivity index (χ4v) is 2.87. The van der Waals surface area contributed by atoms with Crippen LogP contribution in [0.15, 0.2) is 24.3 Å². The molecule has 1 aliphatic rings. The van der Waals surface area contributed by atoms with Gasteiger partial charge in [-0.05, 0) is 30.4 Å². The van der Waals surface area contributed by atoms with Crippen LogP contribution < -0.4 is 0 Å². The van der Waals surface area contributed by atoms with Gasteiger partial charge in [0.15, 0.2) is 0 Å². The Kier molecular flexibility index (Phi) is 4.22. The number of rotatable bonds is 3. The largest absolute Gasteiger partial charge is 0.385 e. The minimum atomic E-state index is -0.554. The molecule has 0 aliphatic heterocycles. The maximum absolute atomic E-state index is 10.7. The summed E-state index contributed by atoms with van der Waals surface area (Å²) in [4.78, 5) is 0. The molecule has 0 amide bonds. The van der Waals surface area contributed by atoms with E-state index < -0.39 is 5.60 Å². The van der Waals surface area contributed by atoms with Crippen LogP contribution in [-0.4, -0.2) is 5.11 Å². The number of benzene rings is 1. The van der Waals surface area contributed by atoms with Crippen molar-refractivity contribution in [1.82, 2.24) is 0 Å². The Bertz CT molecular complexity index is 331. The van der Waals surface area contributed by atoms with Gasteiger partial charge in [0.05, 0.1) is 5.60 Å². The predicted molar refractivity (Wildman–Crippen MR) is 72.0 cm³/mol. The molecule has 0 unspecified atom stereocenters. The molecule has 0 aromatic heterocycles. The zero-order valence-corrected chi connectivity index (χ0v) is 10.9. The first-order valence-electron chi connectivity index (χ1n) is 7.06. The Labute approximate surface area is 105 Å². The second-order valence-electron chi connectivity index (χ2n) is 5.39. The minimum Gasteiger partial charge on any atom is -0.385 e. The summed E-state index contributed by atoms with van der Waals surface area (Å²) >= 11 is 0. The molecule has 1 aromatic carbocycles. The van der Waals surface area contributed by atoms with Gasteiger partial charge in [-0.3, -0.25) is 0 Å². The van der Waals surface area contributed by atoms with E-state index in [2.05, 4.69) is 31.2 Å². The highest BCUT2D eigenvalue weighted by Gasteiger charge is 2.29. The molecule has 1 heteroatoms. The Morgan fingerprint density at radius 1 is 1.00 bits per heavy atom. The lowest BCUT2D eigenvalue weighted by Crippen LogP contribution is -2.24. The smallest absolute Gasteiger partial charge is 0.0896 e. The van der Waals surface area contributed by atoms with Crippen molar-refractivity contribution in [3.8, 4) is 0 Å². The molecular weight excluding hydrogens is 208 g/mol. The van der Waals surface area contributed by atoms with Crippen molar-refractivity contribution in [2.45, 2.75) is 63.9 Å². The van der Waals surface area contributed by atoms with E-state index in [0.29, 0.717) is 0 Å². The van der Waals surface area contributed by atoms with Gasteiger partial charge in [-0.1, -0.05) is 63.3 Å². The monoisotopic (exact) mass is 232 g/mol. The van der Waals surface area contributed by atoms with Crippen LogP contribution in [-0.2, 0) is 12.0 Å². The number of aryl methyl sites for hydroxylation is 1. The van der Waals surface area contributed by atoms with E-state index in [-0.39, 0.29) is 0 Å². The summed E-state index contributed by atoms with van der Waals surface area (Å²) in [6.45, 7) is 2.20. The second kappa shape index (κ2) is 5.68. The fraction of sp³-hybridized carbons (Fsp3) is 0.625. The molecule has 0 bridgehead atoms. The summed E-state index contributed by atoms with van der Waals surface area (Å²) in [6.07, 6.45) is 9.05. The van der Waals surface area contributed by atoms with E-state index in [9.17, 15) is 5.11 Å². The van der Waals surface area contributed by atoms with Gasteiger partial charge in [-0.15, -0.1) is 0 Å². The SMILES string of the molecule is CCCc1ccc(C2(O)CCCCCC2)cc1. The molecule has 0 heterocycles. The first-order chi connectivity index (χ1) is 8.24. The maximum Gasteiger partial charge on any atom is 0.0896 e. The third-order valence-corrected chi connectivity index (χ3v) is 3.96. The van der Waals surface area contributed by atoms with Gasteiger partial charge in [-0.25, -0.2) is 0 Å². The van der Waals surface area contributed by atoms with Crippen LogP contribution in [0.5, 0.6) is 0 Å². The van der Waals surface area contributed by atoms with Crippen molar-refractivity contribution in [2.24, 2.45) is 0 Å². The van der Waals surface area contributed by atoms with Crippen LogP contribution in [0.25, 0.3) is 0 Å². The van der Waals surface area contributed by atoms with E-state index >= 15 is 0 Å². The van der Waals surface area contributed by atoms with Crippen LogP contribution >= 0.6 is 0 Å². The van der Waals surface area contributed by atoms with Crippen molar-refractivity contribution >= 4 is 0 Å². The summed E-state index contributed by atoms with van der Waals surface area (Å²) in [5.41, 5.74) is 1.95. The molecule has 94 valence electrons. The van der Waals surface area contributed by atoms with Gasteiger partial charge >= 0.3 is 0 Å². The quantitative estimate of drug-likeness (QED) is 0.775. The van der Waals surface area contributed by atoms with Gasteiger partial charge in [0, 0.05) is 0 Å². The van der Waals surface area contributed by atoms with Crippen molar-refractivity contribution < 1.29 is 5.11 Å². The van der Waals surface area contributed by atoms with E-state index in [1.165, 1.54) is 24.8 Å². The van der Waals surface area contributed by atoms with Gasteiger partial charge in [0.1, 0.15) is 0 Å². The van der Waals surface area contributed by atoms with Crippen molar-refractivity contribution in [3.63, 3.8) is 0 Å². The van der Waals surface area contributed by atoms with Crippen LogP contribution in [0.2, 0.25) is 0 Å². The third-order valence-electron chi connectivity index (χ3n) is 3.96. The van der Waals surface area contributed by atoms with Crippen molar-refractivity contribution in [2.75, 3.05) is 0 Å². The molecule has 1 saturated carbocycles. The number of hydrogen-bond acceptors (Lipinski definition) is 1. The highest BCUT2D eigenvalue weighted by atomic mass is 16.3. The molecule has 0 radical (unpaired) electrons. The Morgan fingerprint density at radius 2 is 1.59 bits per heavy atom. The van der Waals surface area contributed by atoms with Gasteiger partial charge in [-0.2, -0.15) is 0 Å². The minimum absolute atomic E-state index is 0.554. The van der Waals surface area contributed by atoms with Crippen molar-refractivity contribution in [1.29, 1.82) is 0 Å². The summed E-state index contributed by atoms with van der Waals surface area (Å²) in [6, 6.07) is 8.63. The first-order valence-corrected chi connectivity index (χ1v) is 7.06. The van der Waals surface area contributed by atoms with E-state index in [0.717, 1.165) is 37.7 Å². The zero-order chi connectivity index (χ0) is 12.1. The molecule has 0 saturated heterocycles. The Balaban J connectivity index is 2.14. The van der Waals surface area contributed by atoms with Gasteiger partial charge in [0.2, 0.25) is 0 Å². The highest BCUT2D eigenvalue weighted by Crippen LogP contribution is 2.35. The molecule has 1 fully saturated rings. The standard InChI is InChI=1S/C16H24O/c1-2-7-14-8-10-15(11-9-14)16(17)12-5-3-4-6-13-16/h8-11,17H,2-7,12-13H2,1H3. The fourth-order valence-electron chi connectivity index (χ4n) is 2.87. The molecule has 1 nitrogen and oxygen atoms in total. The van der Waals surface area contributed by atoms with Crippen molar-refractivity contribution in [3.05, 3.63) is 35.4 Å². The lowest BCUT2D eigenvalue weighted by molar-refractivity contribution is 0.0207. The number of aliphatic hydroxyl groups is 1. The predicted octanol–water partition coefficient (Wildman–Crippen LogP) is 4.18. The average molecular weight is 232 g/mol. The van der Waals surface area contributed by atoms with Crippen LogP contribution in [0.4, 0.5) is 0 Å². The molecule has 2 rings (SSSR count). The maximum atomic E-state index is 10.7. The molecule has 1 N–H and O–H groups in total. The molecular formula is C16H24O. The molecule has 0 spiro atoms. The van der Waals surface area contributed by atoms with Gasteiger partial charge in [0.25, 0.3) is 0 Å². The highest BCUT2D eigenvalue weighted by molar-refractivity contribution is 5.27. The second-order valence-corrected chi connectivity index (χ2v) is 5.39. The van der Waals surface area contributed by atoms with Crippen LogP contribution in [0, 0.1) is 0 Å². The Morgan fingerprint density at radius 3 is 2.12 bits per heavy atom. The lowest BCUT2D eigenvalue weighted by Gasteiger charge is -2.27. The van der Waals surface area contributed by atoms with E-state index in [1.54, 1.807) is 0 Å². The van der Waals surface area contributed by atoms with E-state index in [1.807, 2.05) is 0 Å². The molecule has 1 aliphatic carbocycles. The van der Waals surface area contributed by atoms with Crippen LogP contribution in [0.3, 0.4) is 0 Å². The molecule has 1 aromatic rings. The first kappa shape index (κ1) is 12.6. The average Bonchev–Trinajstić information content (AvgIpc) is 2.56. The number of hydrogen-bond donors (Lipinski definition) is 1. The summed E-state index contributed by atoms with van der Waals surface area (Å²) < 4.78 is 0. The Hall–Kier alpha value is -0.820. The van der Waals surface area contributed by atoms with Crippen LogP contribution in [0.1, 0.15) is 63.0 Å². The third kappa shape index (κ3) is 3.10. The normalized spacial score (nSPS) is 19.9. The molecule has 0 atom stereocenters.